The Morgan fingerprint density at radius 2 is 0.844 bits per heavy atom. The minimum Gasteiger partial charge on any atom is -0.488 e. The molecular formula is C30H26O2. The fraction of sp³-hybridized carbons (Fsp3) is 0.133. The van der Waals surface area contributed by atoms with Gasteiger partial charge in [-0.25, -0.2) is 0 Å². The van der Waals surface area contributed by atoms with Crippen LogP contribution >= 0.6 is 0 Å². The standard InChI is InChI=1S/C30H26O2/c1-21-17-27-28(18-22(21)2)30(32-20-24-13-7-4-8-14-24)26-16-10-9-15-25(26)29(27)31-19-23-11-5-3-6-12-23/h3-18H,19-20H2,1-2H3. The molecule has 0 fully saturated rings. The molecule has 5 aromatic carbocycles. The van der Waals surface area contributed by atoms with Crippen molar-refractivity contribution in [3.8, 4) is 11.5 Å². The topological polar surface area (TPSA) is 18.5 Å². The summed E-state index contributed by atoms with van der Waals surface area (Å²) in [6.07, 6.45) is 0. The Morgan fingerprint density at radius 1 is 0.469 bits per heavy atom. The van der Waals surface area contributed by atoms with Crippen LogP contribution in [0.3, 0.4) is 0 Å². The molecule has 0 aliphatic heterocycles. The molecule has 0 radical (unpaired) electrons. The van der Waals surface area contributed by atoms with Crippen LogP contribution in [0.15, 0.2) is 97.1 Å². The van der Waals surface area contributed by atoms with Crippen molar-refractivity contribution in [2.75, 3.05) is 0 Å². The minimum atomic E-state index is 0.525. The summed E-state index contributed by atoms with van der Waals surface area (Å²) in [5.74, 6) is 1.82. The Bertz CT molecular complexity index is 1270. The van der Waals surface area contributed by atoms with E-state index in [1.165, 1.54) is 11.1 Å². The van der Waals surface area contributed by atoms with Crippen molar-refractivity contribution >= 4 is 21.5 Å². The maximum Gasteiger partial charge on any atom is 0.135 e. The molecule has 5 rings (SSSR count). The highest BCUT2D eigenvalue weighted by Gasteiger charge is 2.17. The third-order valence-electron chi connectivity index (χ3n) is 5.99. The SMILES string of the molecule is Cc1cc2c(OCc3ccccc3)c3ccccc3c(OCc3ccccc3)c2cc1C. The van der Waals surface area contributed by atoms with Gasteiger partial charge in [0, 0.05) is 21.5 Å². The van der Waals surface area contributed by atoms with Crippen molar-refractivity contribution in [2.24, 2.45) is 0 Å². The van der Waals surface area contributed by atoms with Gasteiger partial charge < -0.3 is 9.47 Å². The average molecular weight is 419 g/mol. The number of benzene rings is 5. The molecule has 0 aliphatic carbocycles. The van der Waals surface area contributed by atoms with Gasteiger partial charge in [0.2, 0.25) is 0 Å². The summed E-state index contributed by atoms with van der Waals surface area (Å²) in [6, 6.07) is 33.4. The molecule has 5 aromatic rings. The number of hydrogen-bond acceptors (Lipinski definition) is 2. The molecule has 0 amide bonds. The Labute approximate surface area is 189 Å². The van der Waals surface area contributed by atoms with E-state index in [0.717, 1.165) is 44.2 Å². The summed E-state index contributed by atoms with van der Waals surface area (Å²) < 4.78 is 13.0. The fourth-order valence-corrected chi connectivity index (χ4v) is 4.13. The second kappa shape index (κ2) is 8.76. The molecule has 0 saturated heterocycles. The molecule has 32 heavy (non-hydrogen) atoms. The molecule has 0 atom stereocenters. The molecule has 2 heteroatoms. The summed E-state index contributed by atoms with van der Waals surface area (Å²) in [5, 5.41) is 4.32. The summed E-state index contributed by atoms with van der Waals surface area (Å²) >= 11 is 0. The van der Waals surface area contributed by atoms with Gasteiger partial charge in [-0.1, -0.05) is 84.9 Å². The first-order chi connectivity index (χ1) is 15.7. The van der Waals surface area contributed by atoms with Crippen LogP contribution in [0, 0.1) is 13.8 Å². The Morgan fingerprint density at radius 3 is 1.25 bits per heavy atom. The van der Waals surface area contributed by atoms with Crippen molar-refractivity contribution in [1.29, 1.82) is 0 Å². The average Bonchev–Trinajstić information content (AvgIpc) is 2.84. The highest BCUT2D eigenvalue weighted by molar-refractivity contribution is 6.11. The quantitative estimate of drug-likeness (QED) is 0.262. The zero-order valence-electron chi connectivity index (χ0n) is 18.5. The lowest BCUT2D eigenvalue weighted by molar-refractivity contribution is 0.308. The van der Waals surface area contributed by atoms with Crippen LogP contribution in [0.1, 0.15) is 22.3 Å². The van der Waals surface area contributed by atoms with E-state index in [1.807, 2.05) is 36.4 Å². The van der Waals surface area contributed by atoms with Gasteiger partial charge in [0.05, 0.1) is 0 Å². The zero-order chi connectivity index (χ0) is 21.9. The summed E-state index contributed by atoms with van der Waals surface area (Å²) in [4.78, 5) is 0. The third-order valence-corrected chi connectivity index (χ3v) is 5.99. The number of fused-ring (bicyclic) bond motifs is 2. The first-order valence-corrected chi connectivity index (χ1v) is 11.0. The summed E-state index contributed by atoms with van der Waals surface area (Å²) in [5.41, 5.74) is 4.79. The van der Waals surface area contributed by atoms with Crippen LogP contribution in [-0.2, 0) is 13.2 Å². The van der Waals surface area contributed by atoms with E-state index in [1.54, 1.807) is 0 Å². The largest absolute Gasteiger partial charge is 0.488 e. The van der Waals surface area contributed by atoms with Crippen molar-refractivity contribution < 1.29 is 9.47 Å². The van der Waals surface area contributed by atoms with E-state index in [9.17, 15) is 0 Å². The van der Waals surface area contributed by atoms with Crippen molar-refractivity contribution in [3.63, 3.8) is 0 Å². The number of ether oxygens (including phenoxy) is 2. The Kier molecular flexibility index (Phi) is 5.51. The first-order valence-electron chi connectivity index (χ1n) is 11.0. The lowest BCUT2D eigenvalue weighted by Crippen LogP contribution is -2.01. The molecule has 0 N–H and O–H groups in total. The first kappa shape index (κ1) is 20.1. The Balaban J connectivity index is 1.66. The van der Waals surface area contributed by atoms with Crippen molar-refractivity contribution in [1.82, 2.24) is 0 Å². The molecule has 0 bridgehead atoms. The van der Waals surface area contributed by atoms with Gasteiger partial charge in [-0.2, -0.15) is 0 Å². The third kappa shape index (κ3) is 3.92. The Hall–Kier alpha value is -3.78. The van der Waals surface area contributed by atoms with E-state index in [0.29, 0.717) is 13.2 Å². The van der Waals surface area contributed by atoms with Crippen molar-refractivity contribution in [3.05, 3.63) is 119 Å². The zero-order valence-corrected chi connectivity index (χ0v) is 18.5. The predicted octanol–water partition coefficient (Wildman–Crippen LogP) is 7.77. The van der Waals surface area contributed by atoms with Gasteiger partial charge in [0.25, 0.3) is 0 Å². The van der Waals surface area contributed by atoms with E-state index >= 15 is 0 Å². The molecule has 0 heterocycles. The fourth-order valence-electron chi connectivity index (χ4n) is 4.13. The normalized spacial score (nSPS) is 11.1. The highest BCUT2D eigenvalue weighted by Crippen LogP contribution is 2.44. The molecular weight excluding hydrogens is 392 g/mol. The van der Waals surface area contributed by atoms with Gasteiger partial charge >= 0.3 is 0 Å². The van der Waals surface area contributed by atoms with E-state index in [-0.39, 0.29) is 0 Å². The second-order valence-corrected chi connectivity index (χ2v) is 8.23. The van der Waals surface area contributed by atoms with Crippen LogP contribution < -0.4 is 9.47 Å². The monoisotopic (exact) mass is 418 g/mol. The highest BCUT2D eigenvalue weighted by atomic mass is 16.5. The lowest BCUT2D eigenvalue weighted by atomic mass is 9.96. The molecule has 158 valence electrons. The van der Waals surface area contributed by atoms with Gasteiger partial charge in [-0.15, -0.1) is 0 Å². The van der Waals surface area contributed by atoms with E-state index in [2.05, 4.69) is 74.5 Å². The van der Waals surface area contributed by atoms with E-state index in [4.69, 9.17) is 9.47 Å². The summed E-state index contributed by atoms with van der Waals surface area (Å²) in [6.45, 7) is 5.35. The number of hydrogen-bond donors (Lipinski definition) is 0. The van der Waals surface area contributed by atoms with Crippen LogP contribution in [0.2, 0.25) is 0 Å². The smallest absolute Gasteiger partial charge is 0.135 e. The van der Waals surface area contributed by atoms with Crippen LogP contribution in [-0.4, -0.2) is 0 Å². The van der Waals surface area contributed by atoms with Gasteiger partial charge in [0.1, 0.15) is 24.7 Å². The molecule has 0 spiro atoms. The molecule has 0 aliphatic rings. The molecule has 2 nitrogen and oxygen atoms in total. The summed E-state index contributed by atoms with van der Waals surface area (Å²) in [7, 11) is 0. The second-order valence-electron chi connectivity index (χ2n) is 8.23. The molecule has 0 saturated carbocycles. The van der Waals surface area contributed by atoms with Crippen LogP contribution in [0.25, 0.3) is 21.5 Å². The van der Waals surface area contributed by atoms with Gasteiger partial charge in [-0.05, 0) is 48.2 Å². The molecule has 0 unspecified atom stereocenters. The van der Waals surface area contributed by atoms with Crippen molar-refractivity contribution in [2.45, 2.75) is 27.1 Å². The maximum absolute atomic E-state index is 6.48. The van der Waals surface area contributed by atoms with Gasteiger partial charge in [-0.3, -0.25) is 0 Å². The lowest BCUT2D eigenvalue weighted by Gasteiger charge is -2.19. The van der Waals surface area contributed by atoms with Gasteiger partial charge in [0.15, 0.2) is 0 Å². The van der Waals surface area contributed by atoms with Crippen LogP contribution in [0.4, 0.5) is 0 Å². The minimum absolute atomic E-state index is 0.525. The van der Waals surface area contributed by atoms with Crippen LogP contribution in [0.5, 0.6) is 11.5 Å². The predicted molar refractivity (Wildman–Crippen MR) is 132 cm³/mol. The van der Waals surface area contributed by atoms with E-state index < -0.39 is 0 Å². The maximum atomic E-state index is 6.48. The number of rotatable bonds is 6. The number of aryl methyl sites for hydroxylation is 2. The molecule has 0 aromatic heterocycles.